The predicted molar refractivity (Wildman–Crippen MR) is 121 cm³/mol. The van der Waals surface area contributed by atoms with E-state index in [1.165, 1.54) is 0 Å². The smallest absolute Gasteiger partial charge is 0.261 e. The molecule has 0 spiro atoms. The van der Waals surface area contributed by atoms with Crippen molar-refractivity contribution in [3.8, 4) is 11.5 Å². The Labute approximate surface area is 187 Å². The van der Waals surface area contributed by atoms with Crippen molar-refractivity contribution in [1.82, 2.24) is 5.43 Å². The molecule has 0 saturated heterocycles. The Morgan fingerprint density at radius 3 is 1.84 bits per heavy atom. The van der Waals surface area contributed by atoms with Gasteiger partial charge in [0.05, 0.1) is 19.6 Å². The molecule has 0 bridgehead atoms. The lowest BCUT2D eigenvalue weighted by molar-refractivity contribution is 0.284. The number of methoxy groups -OCH3 is 1. The molecule has 0 radical (unpaired) electrons. The summed E-state index contributed by atoms with van der Waals surface area (Å²) in [5, 5.41) is 7.65. The maximum absolute atomic E-state index is 9.19. The van der Waals surface area contributed by atoms with E-state index >= 15 is 0 Å². The second-order valence-corrected chi connectivity index (χ2v) is 9.09. The highest BCUT2D eigenvalue weighted by molar-refractivity contribution is 7.85. The van der Waals surface area contributed by atoms with Crippen molar-refractivity contribution in [1.29, 1.82) is 5.41 Å². The molecule has 2 rings (SSSR count). The van der Waals surface area contributed by atoms with Crippen molar-refractivity contribution >= 4 is 26.1 Å². The molecule has 0 aliphatic carbocycles. The number of hydrazine groups is 1. The first kappa shape index (κ1) is 29.2. The summed E-state index contributed by atoms with van der Waals surface area (Å²) in [6.07, 6.45) is 1.43. The molecular weight excluding hydrogens is 464 g/mol. The van der Waals surface area contributed by atoms with E-state index in [-0.39, 0.29) is 5.84 Å². The number of hydrogen-bond donors (Lipinski definition) is 6. The summed E-state index contributed by atoms with van der Waals surface area (Å²) in [5.74, 6) is 6.51. The predicted octanol–water partition coefficient (Wildman–Crippen LogP) is 0.530. The molecule has 2 aromatic carbocycles. The lowest BCUT2D eigenvalue weighted by Crippen LogP contribution is -2.29. The van der Waals surface area contributed by atoms with E-state index in [9.17, 15) is 16.8 Å². The van der Waals surface area contributed by atoms with Crippen LogP contribution in [0.15, 0.2) is 42.5 Å². The van der Waals surface area contributed by atoms with Gasteiger partial charge in [-0.15, -0.1) is 0 Å². The molecule has 0 saturated carbocycles. The molecule has 0 aromatic heterocycles. The number of rotatable bonds is 6. The van der Waals surface area contributed by atoms with Gasteiger partial charge >= 0.3 is 0 Å². The van der Waals surface area contributed by atoms with E-state index in [1.807, 2.05) is 24.3 Å². The van der Waals surface area contributed by atoms with Crippen molar-refractivity contribution in [3.63, 3.8) is 0 Å². The van der Waals surface area contributed by atoms with E-state index in [0.717, 1.165) is 11.1 Å². The van der Waals surface area contributed by atoms with Gasteiger partial charge in [-0.25, -0.2) is 5.84 Å². The molecule has 0 unspecified atom stereocenters. The molecule has 0 heterocycles. The van der Waals surface area contributed by atoms with E-state index in [1.54, 1.807) is 25.3 Å². The first-order valence-electron chi connectivity index (χ1n) is 8.67. The topological polar surface area (TPSA) is 215 Å². The van der Waals surface area contributed by atoms with Gasteiger partial charge in [0.1, 0.15) is 12.4 Å². The lowest BCUT2D eigenvalue weighted by Gasteiger charge is -2.13. The molecule has 180 valence electrons. The van der Waals surface area contributed by atoms with Crippen molar-refractivity contribution in [3.05, 3.63) is 59.2 Å². The highest BCUT2D eigenvalue weighted by Crippen LogP contribution is 2.28. The Morgan fingerprint density at radius 2 is 1.44 bits per heavy atom. The Kier molecular flexibility index (Phi) is 12.4. The van der Waals surface area contributed by atoms with Crippen LogP contribution in [0.4, 0.5) is 0 Å². The van der Waals surface area contributed by atoms with Gasteiger partial charge in [-0.3, -0.25) is 14.5 Å². The van der Waals surface area contributed by atoms with Crippen LogP contribution >= 0.6 is 0 Å². The molecule has 0 aliphatic heterocycles. The zero-order valence-electron chi connectivity index (χ0n) is 17.8. The molecule has 0 amide bonds. The number of benzene rings is 2. The van der Waals surface area contributed by atoms with Gasteiger partial charge in [0.15, 0.2) is 11.5 Å². The van der Waals surface area contributed by atoms with Gasteiger partial charge in [0.2, 0.25) is 0 Å². The minimum atomic E-state index is -3.67. The van der Waals surface area contributed by atoms with Crippen LogP contribution in [0.5, 0.6) is 11.5 Å². The number of hydrogen-bond acceptors (Lipinski definition) is 9. The Bertz CT molecular complexity index is 1030. The fraction of sp³-hybridized carbons (Fsp3) is 0.278. The largest absolute Gasteiger partial charge is 0.493 e. The number of ether oxygens (including phenoxy) is 2. The van der Waals surface area contributed by atoms with Gasteiger partial charge in [-0.1, -0.05) is 24.3 Å². The lowest BCUT2D eigenvalue weighted by atomic mass is 10.1. The molecule has 14 heteroatoms. The zero-order valence-corrected chi connectivity index (χ0v) is 19.4. The van der Waals surface area contributed by atoms with Crippen LogP contribution in [0.3, 0.4) is 0 Å². The highest BCUT2D eigenvalue weighted by Gasteiger charge is 2.08. The summed E-state index contributed by atoms with van der Waals surface area (Å²) >= 11 is 0. The molecule has 12 nitrogen and oxygen atoms in total. The third kappa shape index (κ3) is 15.1. The van der Waals surface area contributed by atoms with Crippen LogP contribution < -0.4 is 26.5 Å². The minimum Gasteiger partial charge on any atom is -0.493 e. The van der Waals surface area contributed by atoms with Crippen LogP contribution in [0.25, 0.3) is 0 Å². The summed E-state index contributed by atoms with van der Waals surface area (Å²) in [6.45, 7) is 0.949. The molecule has 0 aliphatic rings. The second-order valence-electron chi connectivity index (χ2n) is 6.16. The van der Waals surface area contributed by atoms with E-state index in [0.29, 0.717) is 42.7 Å². The number of nitrogens with two attached hydrogens (primary N) is 2. The minimum absolute atomic E-state index is 0.113. The average molecular weight is 493 g/mol. The Balaban J connectivity index is 0.000000805. The molecule has 8 N–H and O–H groups in total. The standard InChI is InChI=1S/C16H20N4O2.2CH4O3S/c1-21-15-8-13(16(18)20-19)6-7-14(15)22-10-12-4-2-11(9-17)3-5-12;2*1-5(2,3)4/h2-8H,9-10,17,19H2,1H3,(H2,18,20);2*1H3,(H,2,3,4). The molecule has 0 fully saturated rings. The molecular formula is C18H28N4O8S2. The van der Waals surface area contributed by atoms with Crippen LogP contribution in [0, 0.1) is 5.41 Å². The third-order valence-corrected chi connectivity index (χ3v) is 3.25. The van der Waals surface area contributed by atoms with E-state index in [2.05, 4.69) is 5.43 Å². The first-order valence-corrected chi connectivity index (χ1v) is 12.4. The van der Waals surface area contributed by atoms with Crippen molar-refractivity contribution in [2.45, 2.75) is 13.2 Å². The van der Waals surface area contributed by atoms with Crippen LogP contribution in [0.1, 0.15) is 16.7 Å². The fourth-order valence-corrected chi connectivity index (χ4v) is 1.96. The van der Waals surface area contributed by atoms with E-state index in [4.69, 9.17) is 35.6 Å². The summed E-state index contributed by atoms with van der Waals surface area (Å²) in [5.41, 5.74) is 10.6. The maximum atomic E-state index is 9.19. The fourth-order valence-electron chi connectivity index (χ4n) is 1.96. The Hall–Kier alpha value is -2.75. The van der Waals surface area contributed by atoms with Crippen LogP contribution in [0.2, 0.25) is 0 Å². The van der Waals surface area contributed by atoms with Crippen molar-refractivity contribution < 1.29 is 35.4 Å². The van der Waals surface area contributed by atoms with E-state index < -0.39 is 20.2 Å². The van der Waals surface area contributed by atoms with Gasteiger partial charge in [0.25, 0.3) is 20.2 Å². The summed E-state index contributed by atoms with van der Waals surface area (Å²) in [6, 6.07) is 13.1. The van der Waals surface area contributed by atoms with Crippen LogP contribution in [-0.2, 0) is 33.4 Å². The molecule has 32 heavy (non-hydrogen) atoms. The molecule has 0 atom stereocenters. The van der Waals surface area contributed by atoms with Gasteiger partial charge < -0.3 is 20.6 Å². The normalized spacial score (nSPS) is 10.6. The highest BCUT2D eigenvalue weighted by atomic mass is 32.2. The second kappa shape index (κ2) is 13.6. The number of nitrogens with one attached hydrogen (secondary N) is 2. The molecule has 2 aromatic rings. The first-order chi connectivity index (χ1) is 14.7. The van der Waals surface area contributed by atoms with Crippen molar-refractivity contribution in [2.24, 2.45) is 11.6 Å². The Morgan fingerprint density at radius 1 is 0.969 bits per heavy atom. The van der Waals surface area contributed by atoms with Crippen molar-refractivity contribution in [2.75, 3.05) is 19.6 Å². The van der Waals surface area contributed by atoms with Crippen LogP contribution in [-0.4, -0.2) is 51.4 Å². The third-order valence-electron chi connectivity index (χ3n) is 3.25. The summed E-state index contributed by atoms with van der Waals surface area (Å²) < 4.78 is 62.8. The van der Waals surface area contributed by atoms with Gasteiger partial charge in [-0.05, 0) is 29.3 Å². The summed E-state index contributed by atoms with van der Waals surface area (Å²) in [4.78, 5) is 0. The average Bonchev–Trinajstić information content (AvgIpc) is 2.69. The van der Waals surface area contributed by atoms with Gasteiger partial charge in [-0.2, -0.15) is 16.8 Å². The SMILES string of the molecule is COc1cc(C(=N)NN)ccc1OCc1ccc(CN)cc1.CS(=O)(=O)O.CS(=O)(=O)O. The maximum Gasteiger partial charge on any atom is 0.261 e. The number of amidine groups is 1. The quantitative estimate of drug-likeness (QED) is 0.107. The zero-order chi connectivity index (χ0) is 24.9. The van der Waals surface area contributed by atoms with Gasteiger partial charge in [0, 0.05) is 12.1 Å². The monoisotopic (exact) mass is 492 g/mol. The summed E-state index contributed by atoms with van der Waals surface area (Å²) in [7, 11) is -5.78.